The first kappa shape index (κ1) is 19.7. The molecule has 2 aliphatic heterocycles. The van der Waals surface area contributed by atoms with Crippen LogP contribution in [-0.4, -0.2) is 48.0 Å². The second-order valence-corrected chi connectivity index (χ2v) is 6.98. The smallest absolute Gasteiger partial charge is 0.321 e. The summed E-state index contributed by atoms with van der Waals surface area (Å²) < 4.78 is 0. The van der Waals surface area contributed by atoms with Crippen LogP contribution in [0.4, 0.5) is 21.0 Å². The van der Waals surface area contributed by atoms with Gasteiger partial charge in [0.15, 0.2) is 0 Å². The fourth-order valence-electron chi connectivity index (χ4n) is 3.29. The largest absolute Gasteiger partial charge is 0.325 e. The van der Waals surface area contributed by atoms with E-state index in [2.05, 4.69) is 10.6 Å². The highest BCUT2D eigenvalue weighted by Crippen LogP contribution is 2.12. The molecule has 2 heterocycles. The van der Waals surface area contributed by atoms with Gasteiger partial charge < -0.3 is 20.4 Å². The summed E-state index contributed by atoms with van der Waals surface area (Å²) in [5.74, 6) is 0. The van der Waals surface area contributed by atoms with Gasteiger partial charge in [-0.15, -0.1) is 0 Å². The molecule has 0 aliphatic carbocycles. The molecule has 2 fully saturated rings. The number of urea groups is 2. The van der Waals surface area contributed by atoms with Crippen molar-refractivity contribution in [2.75, 3.05) is 36.8 Å². The molecule has 148 valence electrons. The zero-order valence-electron chi connectivity index (χ0n) is 16.1. The Morgan fingerprint density at radius 1 is 0.571 bits per heavy atom. The van der Waals surface area contributed by atoms with Gasteiger partial charge in [0.1, 0.15) is 0 Å². The van der Waals surface area contributed by atoms with Gasteiger partial charge >= 0.3 is 12.1 Å². The number of amides is 4. The monoisotopic (exact) mass is 380 g/mol. The lowest BCUT2D eigenvalue weighted by Crippen LogP contribution is -2.32. The number of likely N-dealkylation sites (tertiary alicyclic amines) is 2. The molecule has 28 heavy (non-hydrogen) atoms. The summed E-state index contributed by atoms with van der Waals surface area (Å²) in [6.45, 7) is 3.55. The summed E-state index contributed by atoms with van der Waals surface area (Å²) >= 11 is 0. The molecular weight excluding hydrogens is 352 g/mol. The Hall–Kier alpha value is -3.02. The Morgan fingerprint density at radius 3 is 1.21 bits per heavy atom. The van der Waals surface area contributed by atoms with Crippen molar-refractivity contribution in [1.82, 2.24) is 9.80 Å². The molecule has 2 aliphatic rings. The quantitative estimate of drug-likeness (QED) is 0.798. The van der Waals surface area contributed by atoms with E-state index in [4.69, 9.17) is 0 Å². The summed E-state index contributed by atoms with van der Waals surface area (Å²) in [5, 5.41) is 5.74. The molecule has 0 bridgehead atoms. The predicted molar refractivity (Wildman–Crippen MR) is 113 cm³/mol. The predicted octanol–water partition coefficient (Wildman–Crippen LogP) is 4.63. The molecule has 2 aromatic carbocycles. The zero-order valence-corrected chi connectivity index (χ0v) is 16.1. The van der Waals surface area contributed by atoms with Gasteiger partial charge in [-0.25, -0.2) is 9.59 Å². The lowest BCUT2D eigenvalue weighted by atomic mass is 10.3. The number of carbonyl (C=O) groups excluding carboxylic acids is 2. The fraction of sp³-hybridized carbons (Fsp3) is 0.364. The summed E-state index contributed by atoms with van der Waals surface area (Å²) in [4.78, 5) is 27.0. The van der Waals surface area contributed by atoms with E-state index in [1.807, 2.05) is 70.5 Å². The Balaban J connectivity index is 0.000000161. The van der Waals surface area contributed by atoms with E-state index in [-0.39, 0.29) is 12.1 Å². The van der Waals surface area contributed by atoms with Crippen molar-refractivity contribution in [3.8, 4) is 0 Å². The van der Waals surface area contributed by atoms with Gasteiger partial charge in [-0.1, -0.05) is 36.4 Å². The maximum Gasteiger partial charge on any atom is 0.321 e. The third-order valence-electron chi connectivity index (χ3n) is 4.84. The van der Waals surface area contributed by atoms with Crippen molar-refractivity contribution in [3.63, 3.8) is 0 Å². The highest BCUT2D eigenvalue weighted by molar-refractivity contribution is 5.89. The van der Waals surface area contributed by atoms with Crippen molar-refractivity contribution in [2.45, 2.75) is 25.7 Å². The van der Waals surface area contributed by atoms with E-state index < -0.39 is 0 Å². The van der Waals surface area contributed by atoms with Gasteiger partial charge in [-0.2, -0.15) is 0 Å². The number of benzene rings is 2. The first-order valence-corrected chi connectivity index (χ1v) is 9.94. The normalized spacial score (nSPS) is 15.6. The van der Waals surface area contributed by atoms with Crippen LogP contribution in [0.2, 0.25) is 0 Å². The number of rotatable bonds is 2. The minimum Gasteiger partial charge on any atom is -0.325 e. The maximum atomic E-state index is 11.6. The zero-order chi connectivity index (χ0) is 19.6. The van der Waals surface area contributed by atoms with Crippen LogP contribution < -0.4 is 10.6 Å². The van der Waals surface area contributed by atoms with Crippen LogP contribution in [0.15, 0.2) is 60.7 Å². The highest BCUT2D eigenvalue weighted by Gasteiger charge is 2.18. The molecule has 2 N–H and O–H groups in total. The number of hydrogen-bond acceptors (Lipinski definition) is 2. The number of hydrogen-bond donors (Lipinski definition) is 2. The summed E-state index contributed by atoms with van der Waals surface area (Å²) in [6, 6.07) is 19.2. The number of para-hydroxylation sites is 2. The van der Waals surface area contributed by atoms with Crippen LogP contribution in [0, 0.1) is 0 Å². The van der Waals surface area contributed by atoms with Crippen molar-refractivity contribution in [1.29, 1.82) is 0 Å². The van der Waals surface area contributed by atoms with Crippen LogP contribution in [-0.2, 0) is 0 Å². The van der Waals surface area contributed by atoms with Gasteiger partial charge in [0.05, 0.1) is 0 Å². The SMILES string of the molecule is O=C(Nc1ccccc1)N1CCCC1.O=C(Nc1ccccc1)N1CCCC1. The topological polar surface area (TPSA) is 64.7 Å². The fourth-order valence-corrected chi connectivity index (χ4v) is 3.29. The second kappa shape index (κ2) is 10.3. The molecule has 0 saturated carbocycles. The van der Waals surface area contributed by atoms with Crippen molar-refractivity contribution in [3.05, 3.63) is 60.7 Å². The minimum atomic E-state index is 0.0219. The van der Waals surface area contributed by atoms with E-state index in [9.17, 15) is 9.59 Å². The molecule has 0 unspecified atom stereocenters. The average Bonchev–Trinajstić information content (AvgIpc) is 3.44. The molecule has 2 aromatic rings. The Morgan fingerprint density at radius 2 is 0.893 bits per heavy atom. The van der Waals surface area contributed by atoms with Gasteiger partial charge in [0, 0.05) is 37.6 Å². The van der Waals surface area contributed by atoms with Gasteiger partial charge in [0.2, 0.25) is 0 Å². The molecule has 2 saturated heterocycles. The highest BCUT2D eigenvalue weighted by atomic mass is 16.2. The summed E-state index contributed by atoms with van der Waals surface area (Å²) in [6.07, 6.45) is 4.51. The third-order valence-corrected chi connectivity index (χ3v) is 4.84. The Kier molecular flexibility index (Phi) is 7.29. The molecule has 4 rings (SSSR count). The molecule has 6 heteroatoms. The molecule has 6 nitrogen and oxygen atoms in total. The van der Waals surface area contributed by atoms with E-state index in [1.54, 1.807) is 0 Å². The Bertz CT molecular complexity index is 674. The van der Waals surface area contributed by atoms with Crippen LogP contribution in [0.25, 0.3) is 0 Å². The summed E-state index contributed by atoms with van der Waals surface area (Å²) in [7, 11) is 0. The molecule has 0 radical (unpaired) electrons. The van der Waals surface area contributed by atoms with Crippen LogP contribution in [0.3, 0.4) is 0 Å². The standard InChI is InChI=1S/2C11H14N2O/c2*14-11(13-8-4-5-9-13)12-10-6-2-1-3-7-10/h2*1-3,6-7H,4-5,8-9H2,(H,12,14). The first-order chi connectivity index (χ1) is 13.7. The van der Waals surface area contributed by atoms with Gasteiger partial charge in [-0.3, -0.25) is 0 Å². The minimum absolute atomic E-state index is 0.0219. The van der Waals surface area contributed by atoms with Crippen LogP contribution in [0.5, 0.6) is 0 Å². The van der Waals surface area contributed by atoms with Crippen LogP contribution >= 0.6 is 0 Å². The van der Waals surface area contributed by atoms with Crippen molar-refractivity contribution >= 4 is 23.4 Å². The van der Waals surface area contributed by atoms with Crippen molar-refractivity contribution in [2.24, 2.45) is 0 Å². The molecule has 0 spiro atoms. The molecule has 4 amide bonds. The molecule has 0 atom stereocenters. The van der Waals surface area contributed by atoms with Gasteiger partial charge in [-0.05, 0) is 49.9 Å². The Labute approximate surface area is 166 Å². The van der Waals surface area contributed by atoms with E-state index in [1.165, 1.54) is 0 Å². The van der Waals surface area contributed by atoms with Crippen molar-refractivity contribution < 1.29 is 9.59 Å². The second-order valence-electron chi connectivity index (χ2n) is 6.98. The maximum absolute atomic E-state index is 11.6. The number of nitrogens with one attached hydrogen (secondary N) is 2. The number of anilines is 2. The first-order valence-electron chi connectivity index (χ1n) is 9.94. The lowest BCUT2D eigenvalue weighted by molar-refractivity contribution is 0.222. The number of carbonyl (C=O) groups is 2. The van der Waals surface area contributed by atoms with E-state index in [0.29, 0.717) is 0 Å². The lowest BCUT2D eigenvalue weighted by Gasteiger charge is -2.15. The van der Waals surface area contributed by atoms with E-state index in [0.717, 1.165) is 63.2 Å². The molecule has 0 aromatic heterocycles. The summed E-state index contributed by atoms with van der Waals surface area (Å²) in [5.41, 5.74) is 1.73. The van der Waals surface area contributed by atoms with Crippen LogP contribution in [0.1, 0.15) is 25.7 Å². The number of nitrogens with zero attached hydrogens (tertiary/aromatic N) is 2. The molecular formula is C22H28N4O2. The van der Waals surface area contributed by atoms with Gasteiger partial charge in [0.25, 0.3) is 0 Å². The van der Waals surface area contributed by atoms with E-state index >= 15 is 0 Å². The third kappa shape index (κ3) is 6.01. The average molecular weight is 380 g/mol.